The van der Waals surface area contributed by atoms with E-state index in [0.29, 0.717) is 29.2 Å². The second kappa shape index (κ2) is 7.73. The Balaban J connectivity index is 2.02. The summed E-state index contributed by atoms with van der Waals surface area (Å²) in [5.41, 5.74) is 0.148. The van der Waals surface area contributed by atoms with E-state index in [1.54, 1.807) is 6.07 Å². The number of Topliss-reactive ketones (excluding diaryl/α,β-unsaturated/α-hetero) is 1. The largest absolute Gasteiger partial charge is 0.497 e. The molecule has 0 unspecified atom stereocenters. The van der Waals surface area contributed by atoms with E-state index in [1.807, 2.05) is 0 Å². The Hall–Kier alpha value is -2.96. The topological polar surface area (TPSA) is 77.4 Å². The van der Waals surface area contributed by atoms with Crippen molar-refractivity contribution in [2.24, 2.45) is 5.92 Å². The first kappa shape index (κ1) is 18.8. The summed E-state index contributed by atoms with van der Waals surface area (Å²) >= 11 is 0. The summed E-state index contributed by atoms with van der Waals surface area (Å²) in [6.07, 6.45) is 3.89. The lowest BCUT2D eigenvalue weighted by atomic mass is 10.0. The van der Waals surface area contributed by atoms with Crippen LogP contribution in [0.15, 0.2) is 35.3 Å². The number of methoxy groups -OCH3 is 1. The number of hydrogen-bond acceptors (Lipinski definition) is 4. The first-order valence-corrected chi connectivity index (χ1v) is 8.74. The highest BCUT2D eigenvalue weighted by molar-refractivity contribution is 6.00. The number of carbonyl (C=O) groups excluding carboxylic acids is 2. The summed E-state index contributed by atoms with van der Waals surface area (Å²) in [4.78, 5) is 37.3. The second-order valence-electron chi connectivity index (χ2n) is 6.72. The molecule has 0 bridgehead atoms. The molecule has 1 aliphatic rings. The number of nitrogens with one attached hydrogen (secondary N) is 1. The van der Waals surface area contributed by atoms with Crippen molar-refractivity contribution in [2.45, 2.75) is 25.8 Å². The Labute approximate surface area is 156 Å². The van der Waals surface area contributed by atoms with Crippen molar-refractivity contribution in [2.75, 3.05) is 14.2 Å². The maximum atomic E-state index is 13.8. The number of benzene rings is 1. The number of rotatable bonds is 7. The molecule has 142 valence electrons. The molecule has 2 aromatic rings. The van der Waals surface area contributed by atoms with Gasteiger partial charge in [0, 0.05) is 31.3 Å². The van der Waals surface area contributed by atoms with E-state index in [2.05, 4.69) is 5.32 Å². The molecule has 7 heteroatoms. The molecule has 27 heavy (non-hydrogen) atoms. The van der Waals surface area contributed by atoms with Gasteiger partial charge in [0.15, 0.2) is 5.78 Å². The predicted molar refractivity (Wildman–Crippen MR) is 97.8 cm³/mol. The quantitative estimate of drug-likeness (QED) is 0.757. The summed E-state index contributed by atoms with van der Waals surface area (Å²) in [5, 5.41) is 2.42. The van der Waals surface area contributed by atoms with Crippen molar-refractivity contribution < 1.29 is 18.7 Å². The number of ether oxygens (including phenoxy) is 1. The zero-order valence-corrected chi connectivity index (χ0v) is 15.3. The van der Waals surface area contributed by atoms with Gasteiger partial charge in [0.25, 0.3) is 11.5 Å². The normalized spacial score (nSPS) is 13.3. The standard InChI is InChI=1S/C20H21FN2O4/c1-22-19(25)17-8-14(18(24)7-12-3-4-12)11-23(20(17)26)10-13-5-15(21)9-16(6-13)27-2/h5-6,8-9,11-12H,3-4,7,10H2,1-2H3,(H,22,25). The van der Waals surface area contributed by atoms with Crippen molar-refractivity contribution in [1.29, 1.82) is 0 Å². The van der Waals surface area contributed by atoms with E-state index in [9.17, 15) is 18.8 Å². The predicted octanol–water partition coefficient (Wildman–Crippen LogP) is 2.39. The molecule has 1 fully saturated rings. The SMILES string of the molecule is CNC(=O)c1cc(C(=O)CC2CC2)cn(Cc2cc(F)cc(OC)c2)c1=O. The van der Waals surface area contributed by atoms with Crippen LogP contribution in [-0.2, 0) is 6.54 Å². The lowest BCUT2D eigenvalue weighted by Gasteiger charge is -2.12. The van der Waals surface area contributed by atoms with Crippen LogP contribution in [0.3, 0.4) is 0 Å². The Morgan fingerprint density at radius 1 is 1.26 bits per heavy atom. The van der Waals surface area contributed by atoms with Crippen molar-refractivity contribution in [3.63, 3.8) is 0 Å². The molecule has 3 rings (SSSR count). The molecule has 1 saturated carbocycles. The minimum Gasteiger partial charge on any atom is -0.497 e. The zero-order chi connectivity index (χ0) is 19.6. The number of hydrogen-bond donors (Lipinski definition) is 1. The highest BCUT2D eigenvalue weighted by atomic mass is 19.1. The number of carbonyl (C=O) groups is 2. The molecular formula is C20H21FN2O4. The number of pyridine rings is 1. The van der Waals surface area contributed by atoms with E-state index >= 15 is 0 Å². The van der Waals surface area contributed by atoms with Crippen LogP contribution in [0.2, 0.25) is 0 Å². The Kier molecular flexibility index (Phi) is 5.39. The molecule has 1 aromatic carbocycles. The average Bonchev–Trinajstić information content (AvgIpc) is 3.46. The van der Waals surface area contributed by atoms with Gasteiger partial charge in [-0.15, -0.1) is 0 Å². The first-order valence-electron chi connectivity index (χ1n) is 8.74. The van der Waals surface area contributed by atoms with Gasteiger partial charge in [-0.3, -0.25) is 14.4 Å². The van der Waals surface area contributed by atoms with Gasteiger partial charge in [-0.1, -0.05) is 0 Å². The number of aromatic nitrogens is 1. The van der Waals surface area contributed by atoms with Crippen molar-refractivity contribution >= 4 is 11.7 Å². The zero-order valence-electron chi connectivity index (χ0n) is 15.3. The number of nitrogens with zero attached hydrogens (tertiary/aromatic N) is 1. The number of halogens is 1. The highest BCUT2D eigenvalue weighted by Crippen LogP contribution is 2.33. The molecular weight excluding hydrogens is 351 g/mol. The van der Waals surface area contributed by atoms with Crippen LogP contribution >= 0.6 is 0 Å². The molecule has 0 aliphatic heterocycles. The fourth-order valence-corrected chi connectivity index (χ4v) is 2.93. The molecule has 1 aliphatic carbocycles. The van der Waals surface area contributed by atoms with E-state index in [1.165, 1.54) is 43.1 Å². The van der Waals surface area contributed by atoms with Gasteiger partial charge in [-0.05, 0) is 42.5 Å². The summed E-state index contributed by atoms with van der Waals surface area (Å²) in [6.45, 7) is 0.0154. The van der Waals surface area contributed by atoms with Crippen molar-refractivity contribution in [3.8, 4) is 5.75 Å². The van der Waals surface area contributed by atoms with Crippen molar-refractivity contribution in [3.05, 3.63) is 63.3 Å². The van der Waals surface area contributed by atoms with E-state index in [0.717, 1.165) is 12.8 Å². The highest BCUT2D eigenvalue weighted by Gasteiger charge is 2.26. The third kappa shape index (κ3) is 4.42. The third-order valence-electron chi connectivity index (χ3n) is 4.57. The van der Waals surface area contributed by atoms with E-state index < -0.39 is 17.3 Å². The van der Waals surface area contributed by atoms with Gasteiger partial charge in [-0.25, -0.2) is 4.39 Å². The lowest BCUT2D eigenvalue weighted by molar-refractivity contribution is 0.0961. The molecule has 6 nitrogen and oxygen atoms in total. The summed E-state index contributed by atoms with van der Waals surface area (Å²) in [7, 11) is 2.84. The fraction of sp³-hybridized carbons (Fsp3) is 0.350. The smallest absolute Gasteiger partial charge is 0.263 e. The van der Waals surface area contributed by atoms with Crippen LogP contribution in [0.1, 0.15) is 45.5 Å². The summed E-state index contributed by atoms with van der Waals surface area (Å²) < 4.78 is 20.1. The van der Waals surface area contributed by atoms with Gasteiger partial charge in [0.05, 0.1) is 13.7 Å². The molecule has 0 radical (unpaired) electrons. The maximum Gasteiger partial charge on any atom is 0.263 e. The molecule has 0 atom stereocenters. The van der Waals surface area contributed by atoms with Crippen LogP contribution in [0.5, 0.6) is 5.75 Å². The maximum absolute atomic E-state index is 13.8. The third-order valence-corrected chi connectivity index (χ3v) is 4.57. The molecule has 1 amide bonds. The lowest BCUT2D eigenvalue weighted by Crippen LogP contribution is -2.32. The van der Waals surface area contributed by atoms with Gasteiger partial charge in [0.1, 0.15) is 17.1 Å². The minimum absolute atomic E-state index is 0.0154. The Bertz CT molecular complexity index is 947. The molecule has 1 aromatic heterocycles. The van der Waals surface area contributed by atoms with Gasteiger partial charge < -0.3 is 14.6 Å². The van der Waals surface area contributed by atoms with E-state index in [-0.39, 0.29) is 17.9 Å². The van der Waals surface area contributed by atoms with Gasteiger partial charge in [-0.2, -0.15) is 0 Å². The monoisotopic (exact) mass is 372 g/mol. The summed E-state index contributed by atoms with van der Waals surface area (Å²) in [5.74, 6) is -0.455. The van der Waals surface area contributed by atoms with Crippen LogP contribution in [-0.4, -0.2) is 30.4 Å². The Morgan fingerprint density at radius 3 is 2.63 bits per heavy atom. The minimum atomic E-state index is -0.563. The Morgan fingerprint density at radius 2 is 2.00 bits per heavy atom. The van der Waals surface area contributed by atoms with Crippen LogP contribution in [0.4, 0.5) is 4.39 Å². The molecule has 1 heterocycles. The second-order valence-corrected chi connectivity index (χ2v) is 6.72. The van der Waals surface area contributed by atoms with E-state index in [4.69, 9.17) is 4.74 Å². The molecule has 0 saturated heterocycles. The van der Waals surface area contributed by atoms with Crippen molar-refractivity contribution in [1.82, 2.24) is 9.88 Å². The first-order chi connectivity index (χ1) is 12.9. The molecule has 1 N–H and O–H groups in total. The van der Waals surface area contributed by atoms with Gasteiger partial charge in [0.2, 0.25) is 0 Å². The van der Waals surface area contributed by atoms with Crippen LogP contribution in [0.25, 0.3) is 0 Å². The van der Waals surface area contributed by atoms with Gasteiger partial charge >= 0.3 is 0 Å². The fourth-order valence-electron chi connectivity index (χ4n) is 2.93. The van der Waals surface area contributed by atoms with Crippen LogP contribution in [0, 0.1) is 11.7 Å². The average molecular weight is 372 g/mol. The number of ketones is 1. The molecule has 0 spiro atoms. The van der Waals surface area contributed by atoms with Crippen LogP contribution < -0.4 is 15.6 Å². The summed E-state index contributed by atoms with van der Waals surface area (Å²) in [6, 6.07) is 5.47. The number of amides is 1.